The fourth-order valence-corrected chi connectivity index (χ4v) is 2.51. The van der Waals surface area contributed by atoms with Crippen molar-refractivity contribution in [1.29, 1.82) is 0 Å². The maximum atomic E-state index is 4.33. The Morgan fingerprint density at radius 2 is 2.20 bits per heavy atom. The van der Waals surface area contributed by atoms with Crippen LogP contribution in [0.3, 0.4) is 0 Å². The molecule has 2 aromatic heterocycles. The first kappa shape index (κ1) is 13.3. The highest BCUT2D eigenvalue weighted by atomic mass is 15.3. The fourth-order valence-electron chi connectivity index (χ4n) is 2.51. The van der Waals surface area contributed by atoms with Crippen molar-refractivity contribution in [3.8, 4) is 0 Å². The highest BCUT2D eigenvalue weighted by Crippen LogP contribution is 2.09. The van der Waals surface area contributed by atoms with Crippen molar-refractivity contribution in [1.82, 2.24) is 29.8 Å². The van der Waals surface area contributed by atoms with Gasteiger partial charge in [0.1, 0.15) is 12.1 Å². The minimum atomic E-state index is 0.648. The van der Waals surface area contributed by atoms with Crippen LogP contribution in [0.2, 0.25) is 0 Å². The molecule has 20 heavy (non-hydrogen) atoms. The topological polar surface area (TPSA) is 70.4 Å². The first-order valence-corrected chi connectivity index (χ1v) is 7.17. The van der Waals surface area contributed by atoms with Crippen molar-refractivity contribution in [2.24, 2.45) is 0 Å². The van der Waals surface area contributed by atoms with E-state index >= 15 is 0 Å². The Kier molecular flexibility index (Phi) is 4.08. The summed E-state index contributed by atoms with van der Waals surface area (Å²) in [5, 5.41) is 11.0. The molecule has 2 aromatic rings. The summed E-state index contributed by atoms with van der Waals surface area (Å²) >= 11 is 0. The molecule has 0 saturated carbocycles. The summed E-state index contributed by atoms with van der Waals surface area (Å²) in [6.45, 7) is 8.57. The molecule has 0 bridgehead atoms. The SMILES string of the molecule is Cc1cc(NCCCN2CCNCC2)n2ncnc2n1. The number of rotatable bonds is 5. The lowest BCUT2D eigenvalue weighted by molar-refractivity contribution is 0.240. The van der Waals surface area contributed by atoms with Gasteiger partial charge in [0.05, 0.1) is 0 Å². The zero-order valence-corrected chi connectivity index (χ0v) is 11.8. The Balaban J connectivity index is 1.53. The van der Waals surface area contributed by atoms with Gasteiger partial charge in [-0.05, 0) is 19.9 Å². The number of aryl methyl sites for hydroxylation is 1. The Bertz CT molecular complexity index is 559. The van der Waals surface area contributed by atoms with Gasteiger partial charge in [-0.1, -0.05) is 0 Å². The molecule has 2 N–H and O–H groups in total. The second kappa shape index (κ2) is 6.15. The Morgan fingerprint density at radius 1 is 1.35 bits per heavy atom. The van der Waals surface area contributed by atoms with Crippen molar-refractivity contribution in [2.75, 3.05) is 44.6 Å². The van der Waals surface area contributed by atoms with Crippen LogP contribution in [0.5, 0.6) is 0 Å². The van der Waals surface area contributed by atoms with Gasteiger partial charge in [0.2, 0.25) is 0 Å². The van der Waals surface area contributed by atoms with Crippen LogP contribution in [-0.4, -0.2) is 63.8 Å². The van der Waals surface area contributed by atoms with E-state index in [4.69, 9.17) is 0 Å². The Labute approximate surface area is 118 Å². The predicted octanol–water partition coefficient (Wildman–Crippen LogP) is 0.140. The normalized spacial score (nSPS) is 16.6. The third-order valence-corrected chi connectivity index (χ3v) is 3.55. The lowest BCUT2D eigenvalue weighted by atomic mass is 10.3. The standard InChI is InChI=1S/C13H21N7/c1-11-9-12(20-13(18-11)16-10-17-20)15-3-2-6-19-7-4-14-5-8-19/h9-10,14-15H,2-8H2,1H3. The number of fused-ring (bicyclic) bond motifs is 1. The molecule has 0 aliphatic carbocycles. The average molecular weight is 275 g/mol. The molecule has 7 nitrogen and oxygen atoms in total. The molecule has 0 unspecified atom stereocenters. The third kappa shape index (κ3) is 3.05. The molecule has 1 saturated heterocycles. The fraction of sp³-hybridized carbons (Fsp3) is 0.615. The number of aromatic nitrogens is 4. The van der Waals surface area contributed by atoms with E-state index < -0.39 is 0 Å². The number of hydrogen-bond acceptors (Lipinski definition) is 6. The van der Waals surface area contributed by atoms with Crippen LogP contribution in [-0.2, 0) is 0 Å². The van der Waals surface area contributed by atoms with E-state index in [1.54, 1.807) is 4.52 Å². The molecule has 108 valence electrons. The largest absolute Gasteiger partial charge is 0.370 e. The monoisotopic (exact) mass is 275 g/mol. The minimum Gasteiger partial charge on any atom is -0.370 e. The molecule has 0 aromatic carbocycles. The van der Waals surface area contributed by atoms with Gasteiger partial charge in [0, 0.05) is 44.5 Å². The zero-order valence-electron chi connectivity index (χ0n) is 11.8. The molecule has 0 amide bonds. The van der Waals surface area contributed by atoms with E-state index in [1.165, 1.54) is 6.33 Å². The molecule has 0 radical (unpaired) electrons. The van der Waals surface area contributed by atoms with Crippen LogP contribution in [0.1, 0.15) is 12.1 Å². The summed E-state index contributed by atoms with van der Waals surface area (Å²) in [7, 11) is 0. The summed E-state index contributed by atoms with van der Waals surface area (Å²) in [4.78, 5) is 11.0. The van der Waals surface area contributed by atoms with Crippen LogP contribution in [0.15, 0.2) is 12.4 Å². The second-order valence-corrected chi connectivity index (χ2v) is 5.13. The molecular weight excluding hydrogens is 254 g/mol. The number of nitrogens with one attached hydrogen (secondary N) is 2. The van der Waals surface area contributed by atoms with E-state index in [1.807, 2.05) is 13.0 Å². The van der Waals surface area contributed by atoms with Crippen LogP contribution in [0.4, 0.5) is 5.82 Å². The van der Waals surface area contributed by atoms with Crippen LogP contribution < -0.4 is 10.6 Å². The smallest absolute Gasteiger partial charge is 0.254 e. The molecule has 7 heteroatoms. The lowest BCUT2D eigenvalue weighted by Gasteiger charge is -2.27. The Hall–Kier alpha value is -1.73. The molecule has 0 atom stereocenters. The number of nitrogens with zero attached hydrogens (tertiary/aromatic N) is 5. The molecule has 3 heterocycles. The number of anilines is 1. The number of piperazine rings is 1. The number of hydrogen-bond donors (Lipinski definition) is 2. The molecule has 1 fully saturated rings. The van der Waals surface area contributed by atoms with Crippen molar-refractivity contribution < 1.29 is 0 Å². The summed E-state index contributed by atoms with van der Waals surface area (Å²) in [5.74, 6) is 1.61. The van der Waals surface area contributed by atoms with Crippen LogP contribution >= 0.6 is 0 Å². The molecule has 1 aliphatic rings. The second-order valence-electron chi connectivity index (χ2n) is 5.13. The predicted molar refractivity (Wildman–Crippen MR) is 77.9 cm³/mol. The third-order valence-electron chi connectivity index (χ3n) is 3.55. The van der Waals surface area contributed by atoms with E-state index in [0.717, 1.165) is 57.2 Å². The summed E-state index contributed by atoms with van der Waals surface area (Å²) < 4.78 is 1.75. The van der Waals surface area contributed by atoms with E-state index in [0.29, 0.717) is 5.78 Å². The molecule has 3 rings (SSSR count). The van der Waals surface area contributed by atoms with Crippen molar-refractivity contribution in [3.63, 3.8) is 0 Å². The summed E-state index contributed by atoms with van der Waals surface area (Å²) in [6, 6.07) is 2.01. The van der Waals surface area contributed by atoms with Gasteiger partial charge in [-0.3, -0.25) is 0 Å². The molecule has 1 aliphatic heterocycles. The zero-order chi connectivity index (χ0) is 13.8. The summed E-state index contributed by atoms with van der Waals surface area (Å²) in [5.41, 5.74) is 0.954. The van der Waals surface area contributed by atoms with E-state index in [-0.39, 0.29) is 0 Å². The summed E-state index contributed by atoms with van der Waals surface area (Å²) in [6.07, 6.45) is 2.66. The average Bonchev–Trinajstić information content (AvgIpc) is 2.92. The quantitative estimate of drug-likeness (QED) is 0.757. The van der Waals surface area contributed by atoms with Crippen molar-refractivity contribution >= 4 is 11.6 Å². The van der Waals surface area contributed by atoms with Gasteiger partial charge in [-0.2, -0.15) is 14.6 Å². The molecular formula is C13H21N7. The van der Waals surface area contributed by atoms with Gasteiger partial charge in [-0.25, -0.2) is 4.98 Å². The van der Waals surface area contributed by atoms with E-state index in [9.17, 15) is 0 Å². The van der Waals surface area contributed by atoms with Gasteiger partial charge < -0.3 is 15.5 Å². The van der Waals surface area contributed by atoms with Crippen molar-refractivity contribution in [2.45, 2.75) is 13.3 Å². The van der Waals surface area contributed by atoms with Crippen molar-refractivity contribution in [3.05, 3.63) is 18.1 Å². The van der Waals surface area contributed by atoms with Gasteiger partial charge >= 0.3 is 0 Å². The highest BCUT2D eigenvalue weighted by Gasteiger charge is 2.09. The van der Waals surface area contributed by atoms with Gasteiger partial charge in [0.15, 0.2) is 0 Å². The first-order chi connectivity index (χ1) is 9.83. The van der Waals surface area contributed by atoms with Crippen LogP contribution in [0.25, 0.3) is 5.78 Å². The highest BCUT2D eigenvalue weighted by molar-refractivity contribution is 5.44. The lowest BCUT2D eigenvalue weighted by Crippen LogP contribution is -2.44. The maximum Gasteiger partial charge on any atom is 0.254 e. The van der Waals surface area contributed by atoms with Crippen LogP contribution in [0, 0.1) is 6.92 Å². The van der Waals surface area contributed by atoms with E-state index in [2.05, 4.69) is 30.6 Å². The first-order valence-electron chi connectivity index (χ1n) is 7.17. The maximum absolute atomic E-state index is 4.33. The van der Waals surface area contributed by atoms with Gasteiger partial charge in [-0.15, -0.1) is 0 Å². The molecule has 0 spiro atoms. The van der Waals surface area contributed by atoms with Gasteiger partial charge in [0.25, 0.3) is 5.78 Å². The minimum absolute atomic E-state index is 0.648. The Morgan fingerprint density at radius 3 is 3.05 bits per heavy atom.